The topological polar surface area (TPSA) is 65.3 Å². The van der Waals surface area contributed by atoms with E-state index in [2.05, 4.69) is 27.6 Å². The Morgan fingerprint density at radius 2 is 2.20 bits per heavy atom. The summed E-state index contributed by atoms with van der Waals surface area (Å²) >= 11 is 2.06. The van der Waals surface area contributed by atoms with Gasteiger partial charge in [-0.2, -0.15) is 0 Å². The van der Waals surface area contributed by atoms with E-state index < -0.39 is 11.0 Å². The van der Waals surface area contributed by atoms with E-state index >= 15 is 0 Å². The Hall–Kier alpha value is -1.77. The minimum Gasteiger partial charge on any atom is -0.478 e. The lowest BCUT2D eigenvalue weighted by Crippen LogP contribution is -2.07. The van der Waals surface area contributed by atoms with Crippen LogP contribution in [-0.4, -0.2) is 9.91 Å². The van der Waals surface area contributed by atoms with Gasteiger partial charge in [0.2, 0.25) is 5.75 Å². The van der Waals surface area contributed by atoms with Crippen molar-refractivity contribution in [2.75, 3.05) is 0 Å². The molecule has 20 heavy (non-hydrogen) atoms. The largest absolute Gasteiger partial charge is 0.478 e. The molecule has 0 aliphatic heterocycles. The fourth-order valence-electron chi connectivity index (χ4n) is 1.69. The molecule has 0 radical (unpaired) electrons. The third-order valence-electron chi connectivity index (χ3n) is 2.62. The first-order chi connectivity index (χ1) is 9.49. The third-order valence-corrected chi connectivity index (χ3v) is 3.61. The van der Waals surface area contributed by atoms with Crippen molar-refractivity contribution in [2.24, 2.45) is 0 Å². The molecule has 104 valence electrons. The van der Waals surface area contributed by atoms with Gasteiger partial charge in [-0.1, -0.05) is 0 Å². The molecule has 5 nitrogen and oxygen atoms in total. The monoisotopic (exact) mass is 388 g/mol. The second kappa shape index (κ2) is 6.12. The lowest BCUT2D eigenvalue weighted by Gasteiger charge is -2.16. The van der Waals surface area contributed by atoms with Gasteiger partial charge in [-0.15, -0.1) is 0 Å². The molecule has 1 aromatic heterocycles. The van der Waals surface area contributed by atoms with Crippen LogP contribution in [0.15, 0.2) is 36.5 Å². The standard InChI is InChI=1S/C13H10FIN2O3/c1-8(10-7-9(14)4-5-11(10)15)20-12-3-2-6-16-13(12)17(18)19/h2-8H,1H3/t8-/m1/s1. The van der Waals surface area contributed by atoms with Crippen LogP contribution in [0.3, 0.4) is 0 Å². The van der Waals surface area contributed by atoms with Crippen molar-refractivity contribution in [1.29, 1.82) is 0 Å². The summed E-state index contributed by atoms with van der Waals surface area (Å²) in [6, 6.07) is 7.35. The summed E-state index contributed by atoms with van der Waals surface area (Å²) in [5.74, 6) is -0.674. The van der Waals surface area contributed by atoms with Crippen molar-refractivity contribution in [1.82, 2.24) is 4.98 Å². The van der Waals surface area contributed by atoms with E-state index in [-0.39, 0.29) is 17.4 Å². The SMILES string of the molecule is C[C@@H](Oc1cccnc1[N+](=O)[O-])c1cc(F)ccc1I. The van der Waals surface area contributed by atoms with Crippen LogP contribution >= 0.6 is 22.6 Å². The minimum atomic E-state index is -0.613. The second-order valence-electron chi connectivity index (χ2n) is 4.01. The molecule has 0 aliphatic rings. The van der Waals surface area contributed by atoms with Crippen molar-refractivity contribution in [2.45, 2.75) is 13.0 Å². The van der Waals surface area contributed by atoms with Crippen LogP contribution in [0.1, 0.15) is 18.6 Å². The lowest BCUT2D eigenvalue weighted by molar-refractivity contribution is -0.390. The fourth-order valence-corrected chi connectivity index (χ4v) is 2.47. The average molecular weight is 388 g/mol. The quantitative estimate of drug-likeness (QED) is 0.453. The Morgan fingerprint density at radius 1 is 1.45 bits per heavy atom. The Bertz CT molecular complexity index is 651. The first-order valence-corrected chi connectivity index (χ1v) is 6.78. The van der Waals surface area contributed by atoms with Gasteiger partial charge in [0.05, 0.1) is 0 Å². The molecule has 2 aromatic rings. The zero-order valence-electron chi connectivity index (χ0n) is 10.4. The summed E-state index contributed by atoms with van der Waals surface area (Å²) in [6.45, 7) is 1.70. The molecule has 0 spiro atoms. The zero-order chi connectivity index (χ0) is 14.7. The molecule has 1 atom stereocenters. The fraction of sp³-hybridized carbons (Fsp3) is 0.154. The van der Waals surface area contributed by atoms with E-state index in [1.165, 1.54) is 24.4 Å². The number of rotatable bonds is 4. The molecule has 0 amide bonds. The molecule has 0 fully saturated rings. The van der Waals surface area contributed by atoms with E-state index in [0.29, 0.717) is 5.56 Å². The van der Waals surface area contributed by atoms with Gasteiger partial charge in [0, 0.05) is 9.13 Å². The number of nitro groups is 1. The number of aromatic nitrogens is 1. The Balaban J connectivity index is 2.30. The van der Waals surface area contributed by atoms with Gasteiger partial charge in [0.15, 0.2) is 0 Å². The van der Waals surface area contributed by atoms with Gasteiger partial charge >= 0.3 is 5.82 Å². The molecule has 0 aliphatic carbocycles. The summed E-state index contributed by atoms with van der Waals surface area (Å²) in [5.41, 5.74) is 0.628. The minimum absolute atomic E-state index is 0.0602. The van der Waals surface area contributed by atoms with Crippen LogP contribution in [0.25, 0.3) is 0 Å². The molecule has 0 N–H and O–H groups in total. The normalized spacial score (nSPS) is 11.9. The molecule has 0 unspecified atom stereocenters. The summed E-state index contributed by atoms with van der Waals surface area (Å²) in [7, 11) is 0. The predicted octanol–water partition coefficient (Wildman–Crippen LogP) is 3.87. The summed E-state index contributed by atoms with van der Waals surface area (Å²) in [5, 5.41) is 10.9. The number of halogens is 2. The van der Waals surface area contributed by atoms with Crippen molar-refractivity contribution in [3.05, 3.63) is 61.6 Å². The number of pyridine rings is 1. The Morgan fingerprint density at radius 3 is 2.90 bits per heavy atom. The maximum absolute atomic E-state index is 13.3. The predicted molar refractivity (Wildman–Crippen MR) is 79.1 cm³/mol. The highest BCUT2D eigenvalue weighted by Crippen LogP contribution is 2.30. The smallest absolute Gasteiger partial charge is 0.406 e. The highest BCUT2D eigenvalue weighted by Gasteiger charge is 2.20. The second-order valence-corrected chi connectivity index (χ2v) is 5.17. The number of hydrogen-bond donors (Lipinski definition) is 0. The molecule has 0 saturated heterocycles. The highest BCUT2D eigenvalue weighted by atomic mass is 127. The number of nitrogens with zero attached hydrogens (tertiary/aromatic N) is 2. The molecule has 7 heteroatoms. The molecule has 0 bridgehead atoms. The number of ether oxygens (including phenoxy) is 1. The van der Waals surface area contributed by atoms with Crippen LogP contribution in [-0.2, 0) is 0 Å². The summed E-state index contributed by atoms with van der Waals surface area (Å²) < 4.78 is 19.6. The third kappa shape index (κ3) is 3.21. The maximum Gasteiger partial charge on any atom is 0.406 e. The number of hydrogen-bond acceptors (Lipinski definition) is 4. The maximum atomic E-state index is 13.3. The van der Waals surface area contributed by atoms with Crippen molar-refractivity contribution < 1.29 is 14.1 Å². The van der Waals surface area contributed by atoms with Gasteiger partial charge in [-0.25, -0.2) is 4.39 Å². The van der Waals surface area contributed by atoms with E-state index in [0.717, 1.165) is 3.57 Å². The van der Waals surface area contributed by atoms with Crippen LogP contribution in [0.2, 0.25) is 0 Å². The highest BCUT2D eigenvalue weighted by molar-refractivity contribution is 14.1. The van der Waals surface area contributed by atoms with Gasteiger partial charge < -0.3 is 14.9 Å². The van der Waals surface area contributed by atoms with E-state index in [1.807, 2.05) is 0 Å². The molecule has 1 aromatic carbocycles. The van der Waals surface area contributed by atoms with E-state index in [4.69, 9.17) is 4.74 Å². The zero-order valence-corrected chi connectivity index (χ0v) is 12.6. The van der Waals surface area contributed by atoms with Crippen LogP contribution < -0.4 is 4.74 Å². The molecule has 2 rings (SSSR count). The van der Waals surface area contributed by atoms with Gasteiger partial charge in [-0.05, 0) is 69.8 Å². The van der Waals surface area contributed by atoms with Crippen LogP contribution in [0.5, 0.6) is 5.75 Å². The average Bonchev–Trinajstić information content (AvgIpc) is 2.41. The first-order valence-electron chi connectivity index (χ1n) is 5.70. The molecule has 1 heterocycles. The molecule has 0 saturated carbocycles. The van der Waals surface area contributed by atoms with E-state index in [1.54, 1.807) is 19.1 Å². The molecular weight excluding hydrogens is 378 g/mol. The summed E-state index contributed by atoms with van der Waals surface area (Å²) in [6.07, 6.45) is 0.794. The Labute approximate surface area is 128 Å². The van der Waals surface area contributed by atoms with Gasteiger partial charge in [0.25, 0.3) is 0 Å². The van der Waals surface area contributed by atoms with Gasteiger partial charge in [0.1, 0.15) is 18.1 Å². The van der Waals surface area contributed by atoms with E-state index in [9.17, 15) is 14.5 Å². The van der Waals surface area contributed by atoms with Crippen molar-refractivity contribution in [3.8, 4) is 5.75 Å². The summed E-state index contributed by atoms with van der Waals surface area (Å²) in [4.78, 5) is 13.9. The van der Waals surface area contributed by atoms with Crippen molar-refractivity contribution in [3.63, 3.8) is 0 Å². The lowest BCUT2D eigenvalue weighted by atomic mass is 10.1. The van der Waals surface area contributed by atoms with Crippen LogP contribution in [0, 0.1) is 19.5 Å². The van der Waals surface area contributed by atoms with Crippen molar-refractivity contribution >= 4 is 28.4 Å². The van der Waals surface area contributed by atoms with Gasteiger partial charge in [-0.3, -0.25) is 0 Å². The Kier molecular flexibility index (Phi) is 4.48. The number of benzene rings is 1. The first kappa shape index (κ1) is 14.6. The molecular formula is C13H10FIN2O3. The van der Waals surface area contributed by atoms with Crippen LogP contribution in [0.4, 0.5) is 10.2 Å².